The van der Waals surface area contributed by atoms with Crippen molar-refractivity contribution < 1.29 is 50.9 Å². The lowest BCUT2D eigenvalue weighted by Crippen LogP contribution is -2.30. The van der Waals surface area contributed by atoms with Gasteiger partial charge in [-0.3, -0.25) is 9.88 Å². The summed E-state index contributed by atoms with van der Waals surface area (Å²) in [7, 11) is 0. The van der Waals surface area contributed by atoms with Gasteiger partial charge in [-0.2, -0.15) is 37.7 Å². The van der Waals surface area contributed by atoms with Gasteiger partial charge in [0.2, 0.25) is 0 Å². The van der Waals surface area contributed by atoms with Crippen LogP contribution in [0, 0.1) is 5.92 Å². The molecule has 0 aromatic carbocycles. The van der Waals surface area contributed by atoms with Gasteiger partial charge in [0.05, 0.1) is 19.3 Å². The monoisotopic (exact) mass is 568 g/mol. The summed E-state index contributed by atoms with van der Waals surface area (Å²) in [6.07, 6.45) is -2.68. The average molecular weight is 568 g/mol. The summed E-state index contributed by atoms with van der Waals surface area (Å²) in [5, 5.41) is 18.6. The predicted molar refractivity (Wildman–Crippen MR) is 121 cm³/mol. The van der Waals surface area contributed by atoms with E-state index in [9.17, 15) is 26.3 Å². The Labute approximate surface area is 215 Å². The number of rotatable bonds is 5. The summed E-state index contributed by atoms with van der Waals surface area (Å²) in [5.74, 6) is -3.13. The largest absolute Gasteiger partial charge is 0.492 e. The number of hydrogen-bond donors (Lipinski definition) is 2. The Bertz CT molecular complexity index is 1120. The minimum atomic E-state index is -5.08. The van der Waals surface area contributed by atoms with Gasteiger partial charge in [-0.25, -0.2) is 14.6 Å². The minimum absolute atomic E-state index is 0.416. The standard InChI is InChI=1S/C18H20N4OS.2C2HF3O2/c1-2-17(8-19-4-1)23-13-16-10-21(9-15-3-7-24-14-15)12-18-20-5-6-22(18)11-16;2*3-2(4,5)1(6)7/h1-8,14,16H,9-13H2;2*(H,6,7). The lowest BCUT2D eigenvalue weighted by molar-refractivity contribution is -0.193. The quantitative estimate of drug-likeness (QED) is 0.437. The van der Waals surface area contributed by atoms with Gasteiger partial charge >= 0.3 is 24.3 Å². The Morgan fingerprint density at radius 2 is 1.71 bits per heavy atom. The van der Waals surface area contributed by atoms with E-state index in [1.165, 1.54) is 5.56 Å². The topological polar surface area (TPSA) is 118 Å². The number of alkyl halides is 6. The van der Waals surface area contributed by atoms with Crippen molar-refractivity contribution >= 4 is 23.3 Å². The van der Waals surface area contributed by atoms with E-state index in [1.807, 2.05) is 18.3 Å². The molecule has 0 bridgehead atoms. The maximum Gasteiger partial charge on any atom is 0.490 e. The maximum absolute atomic E-state index is 10.6. The lowest BCUT2D eigenvalue weighted by atomic mass is 10.1. The number of pyridine rings is 1. The van der Waals surface area contributed by atoms with Gasteiger partial charge in [0.1, 0.15) is 11.6 Å². The summed E-state index contributed by atoms with van der Waals surface area (Å²) in [4.78, 5) is 28.9. The van der Waals surface area contributed by atoms with E-state index >= 15 is 0 Å². The van der Waals surface area contributed by atoms with Gasteiger partial charge < -0.3 is 19.5 Å². The van der Waals surface area contributed by atoms with E-state index in [1.54, 1.807) is 23.7 Å². The van der Waals surface area contributed by atoms with Crippen molar-refractivity contribution in [3.63, 3.8) is 0 Å². The van der Waals surface area contributed by atoms with E-state index in [4.69, 9.17) is 24.5 Å². The molecule has 1 unspecified atom stereocenters. The molecule has 9 nitrogen and oxygen atoms in total. The molecule has 0 radical (unpaired) electrons. The van der Waals surface area contributed by atoms with Crippen LogP contribution >= 0.6 is 11.3 Å². The fourth-order valence-electron chi connectivity index (χ4n) is 3.14. The molecule has 4 rings (SSSR count). The Morgan fingerprint density at radius 1 is 1.05 bits per heavy atom. The highest BCUT2D eigenvalue weighted by molar-refractivity contribution is 7.07. The first-order valence-electron chi connectivity index (χ1n) is 10.6. The highest BCUT2D eigenvalue weighted by Crippen LogP contribution is 2.20. The number of halogens is 6. The van der Waals surface area contributed by atoms with Gasteiger partial charge in [-0.05, 0) is 34.5 Å². The third kappa shape index (κ3) is 10.8. The number of thiophene rings is 1. The number of nitrogens with zero attached hydrogens (tertiary/aromatic N) is 4. The van der Waals surface area contributed by atoms with Gasteiger partial charge in [0, 0.05) is 44.1 Å². The molecule has 4 heterocycles. The van der Waals surface area contributed by atoms with Gasteiger partial charge in [-0.1, -0.05) is 0 Å². The fourth-order valence-corrected chi connectivity index (χ4v) is 3.80. The van der Waals surface area contributed by atoms with Crippen LogP contribution in [-0.4, -0.2) is 67.1 Å². The Hall–Kier alpha value is -3.66. The summed E-state index contributed by atoms with van der Waals surface area (Å²) in [6.45, 7) is 4.46. The van der Waals surface area contributed by atoms with Crippen molar-refractivity contribution in [1.29, 1.82) is 0 Å². The molecule has 2 N–H and O–H groups in total. The van der Waals surface area contributed by atoms with Crippen LogP contribution in [0.3, 0.4) is 0 Å². The first-order chi connectivity index (χ1) is 17.8. The number of carboxylic acids is 2. The van der Waals surface area contributed by atoms with Crippen molar-refractivity contribution in [3.05, 3.63) is 65.1 Å². The molecule has 3 aromatic rings. The molecule has 1 atom stereocenters. The van der Waals surface area contributed by atoms with Crippen LogP contribution in [0.1, 0.15) is 11.4 Å². The summed E-state index contributed by atoms with van der Waals surface area (Å²) in [5.41, 5.74) is 1.37. The number of ether oxygens (including phenoxy) is 1. The zero-order valence-electron chi connectivity index (χ0n) is 19.4. The number of carboxylic acid groups (broad SMARTS) is 2. The fraction of sp³-hybridized carbons (Fsp3) is 0.364. The minimum Gasteiger partial charge on any atom is -0.492 e. The Morgan fingerprint density at radius 3 is 2.24 bits per heavy atom. The van der Waals surface area contributed by atoms with Crippen molar-refractivity contribution in [3.8, 4) is 5.75 Å². The van der Waals surface area contributed by atoms with E-state index in [2.05, 4.69) is 42.5 Å². The van der Waals surface area contributed by atoms with Gasteiger partial charge in [0.25, 0.3) is 0 Å². The molecule has 16 heteroatoms. The van der Waals surface area contributed by atoms with Crippen LogP contribution in [-0.2, 0) is 29.2 Å². The van der Waals surface area contributed by atoms with Crippen molar-refractivity contribution in [1.82, 2.24) is 19.4 Å². The first-order valence-corrected chi connectivity index (χ1v) is 11.6. The zero-order valence-corrected chi connectivity index (χ0v) is 20.2. The Balaban J connectivity index is 0.000000301. The molecule has 0 aliphatic carbocycles. The van der Waals surface area contributed by atoms with Crippen LogP contribution in [0.25, 0.3) is 0 Å². The highest BCUT2D eigenvalue weighted by atomic mass is 32.1. The molecule has 1 aliphatic rings. The number of aliphatic carboxylic acids is 2. The Kier molecular flexibility index (Phi) is 11.1. The number of fused-ring (bicyclic) bond motifs is 1. The molecule has 208 valence electrons. The molecule has 1 aliphatic heterocycles. The molecular weight excluding hydrogens is 546 g/mol. The summed E-state index contributed by atoms with van der Waals surface area (Å²) >= 11 is 1.75. The second kappa shape index (κ2) is 13.8. The predicted octanol–water partition coefficient (Wildman–Crippen LogP) is 4.32. The zero-order chi connectivity index (χ0) is 28.3. The summed E-state index contributed by atoms with van der Waals surface area (Å²) in [6, 6.07) is 6.05. The molecule has 0 saturated heterocycles. The smallest absolute Gasteiger partial charge is 0.490 e. The van der Waals surface area contributed by atoms with Crippen molar-refractivity contribution in [2.24, 2.45) is 5.92 Å². The molecule has 0 fully saturated rings. The van der Waals surface area contributed by atoms with E-state index in [-0.39, 0.29) is 0 Å². The lowest BCUT2D eigenvalue weighted by Gasteiger charge is -2.23. The molecule has 0 saturated carbocycles. The summed E-state index contributed by atoms with van der Waals surface area (Å²) < 4.78 is 71.7. The van der Waals surface area contributed by atoms with Crippen LogP contribution < -0.4 is 4.74 Å². The maximum atomic E-state index is 10.6. The van der Waals surface area contributed by atoms with Gasteiger partial charge in [-0.15, -0.1) is 0 Å². The number of imidazole rings is 1. The molecule has 0 spiro atoms. The first kappa shape index (κ1) is 30.6. The van der Waals surface area contributed by atoms with E-state index in [0.29, 0.717) is 12.5 Å². The van der Waals surface area contributed by atoms with Crippen LogP contribution in [0.15, 0.2) is 53.7 Å². The number of carbonyl (C=O) groups is 2. The normalized spacial score (nSPS) is 15.6. The van der Waals surface area contributed by atoms with Gasteiger partial charge in [0.15, 0.2) is 0 Å². The SMILES string of the molecule is O=C(O)C(F)(F)F.O=C(O)C(F)(F)F.c1cncc(OCC2CN(Cc3ccsc3)Cc3nccn3C2)c1. The molecule has 0 amide bonds. The number of aromatic nitrogens is 3. The highest BCUT2D eigenvalue weighted by Gasteiger charge is 2.38. The molecule has 3 aromatic heterocycles. The van der Waals surface area contributed by atoms with Crippen LogP contribution in [0.5, 0.6) is 5.75 Å². The second-order valence-electron chi connectivity index (χ2n) is 7.77. The molecular formula is C22H22F6N4O5S. The third-order valence-corrected chi connectivity index (χ3v) is 5.46. The van der Waals surface area contributed by atoms with Crippen LogP contribution in [0.2, 0.25) is 0 Å². The third-order valence-electron chi connectivity index (χ3n) is 4.73. The average Bonchev–Trinajstić information content (AvgIpc) is 3.47. The van der Waals surface area contributed by atoms with Crippen molar-refractivity contribution in [2.45, 2.75) is 32.0 Å². The second-order valence-corrected chi connectivity index (χ2v) is 8.55. The van der Waals surface area contributed by atoms with E-state index < -0.39 is 24.3 Å². The van der Waals surface area contributed by atoms with Crippen molar-refractivity contribution in [2.75, 3.05) is 13.2 Å². The number of hydrogen-bond acceptors (Lipinski definition) is 7. The molecule has 38 heavy (non-hydrogen) atoms. The van der Waals surface area contributed by atoms with Crippen LogP contribution in [0.4, 0.5) is 26.3 Å². The van der Waals surface area contributed by atoms with E-state index in [0.717, 1.165) is 37.8 Å².